The standard InChI is InChI=1S/C13H31NO3Si/c1-13(2,3)10-7-8-12(9-11-14)18(15-4,16-5)17-6/h12H,7-11,14H2,1-6H3. The summed E-state index contributed by atoms with van der Waals surface area (Å²) in [4.78, 5) is 0. The van der Waals surface area contributed by atoms with Gasteiger partial charge in [-0.2, -0.15) is 0 Å². The van der Waals surface area contributed by atoms with Crippen molar-refractivity contribution in [3.63, 3.8) is 0 Å². The van der Waals surface area contributed by atoms with E-state index >= 15 is 0 Å². The Morgan fingerprint density at radius 3 is 1.83 bits per heavy atom. The van der Waals surface area contributed by atoms with E-state index in [2.05, 4.69) is 20.8 Å². The summed E-state index contributed by atoms with van der Waals surface area (Å²) in [5.41, 5.74) is 6.37. The van der Waals surface area contributed by atoms with Crippen molar-refractivity contribution < 1.29 is 13.3 Å². The van der Waals surface area contributed by atoms with E-state index < -0.39 is 8.80 Å². The Labute approximate surface area is 114 Å². The van der Waals surface area contributed by atoms with Crippen molar-refractivity contribution in [2.75, 3.05) is 27.9 Å². The van der Waals surface area contributed by atoms with Gasteiger partial charge < -0.3 is 19.0 Å². The molecule has 0 aliphatic carbocycles. The van der Waals surface area contributed by atoms with E-state index in [0.29, 0.717) is 17.5 Å². The molecule has 0 amide bonds. The van der Waals surface area contributed by atoms with Gasteiger partial charge in [0.1, 0.15) is 0 Å². The fraction of sp³-hybridized carbons (Fsp3) is 1.00. The van der Waals surface area contributed by atoms with Crippen LogP contribution < -0.4 is 5.73 Å². The summed E-state index contributed by atoms with van der Waals surface area (Å²) >= 11 is 0. The van der Waals surface area contributed by atoms with Gasteiger partial charge in [-0.1, -0.05) is 27.2 Å². The van der Waals surface area contributed by atoms with Gasteiger partial charge in [-0.15, -0.1) is 0 Å². The third kappa shape index (κ3) is 5.80. The normalized spacial score (nSPS) is 14.8. The molecule has 2 N–H and O–H groups in total. The third-order valence-electron chi connectivity index (χ3n) is 3.35. The maximum Gasteiger partial charge on any atom is 0.503 e. The third-order valence-corrected chi connectivity index (χ3v) is 6.63. The van der Waals surface area contributed by atoms with Crippen molar-refractivity contribution in [1.82, 2.24) is 0 Å². The molecule has 0 aromatic heterocycles. The van der Waals surface area contributed by atoms with E-state index in [1.807, 2.05) is 0 Å². The van der Waals surface area contributed by atoms with Crippen molar-refractivity contribution >= 4 is 8.80 Å². The second-order valence-corrected chi connectivity index (χ2v) is 9.19. The fourth-order valence-corrected chi connectivity index (χ4v) is 4.91. The molecule has 0 aromatic carbocycles. The predicted molar refractivity (Wildman–Crippen MR) is 77.5 cm³/mol. The van der Waals surface area contributed by atoms with E-state index in [0.717, 1.165) is 19.3 Å². The molecule has 0 bridgehead atoms. The second kappa shape index (κ2) is 8.27. The molecule has 5 heteroatoms. The average molecular weight is 277 g/mol. The van der Waals surface area contributed by atoms with E-state index in [-0.39, 0.29) is 0 Å². The van der Waals surface area contributed by atoms with Gasteiger partial charge >= 0.3 is 8.80 Å². The molecule has 110 valence electrons. The summed E-state index contributed by atoms with van der Waals surface area (Å²) < 4.78 is 16.7. The second-order valence-electron chi connectivity index (χ2n) is 5.94. The molecule has 0 aliphatic heterocycles. The molecular weight excluding hydrogens is 246 g/mol. The SMILES string of the molecule is CO[Si](OC)(OC)C(CCN)CCCC(C)(C)C. The monoisotopic (exact) mass is 277 g/mol. The van der Waals surface area contributed by atoms with Crippen molar-refractivity contribution in [1.29, 1.82) is 0 Å². The molecule has 0 spiro atoms. The Balaban J connectivity index is 4.53. The first-order chi connectivity index (χ1) is 8.35. The van der Waals surface area contributed by atoms with E-state index in [9.17, 15) is 0 Å². The molecule has 0 aliphatic rings. The van der Waals surface area contributed by atoms with Gasteiger partial charge in [0.05, 0.1) is 0 Å². The summed E-state index contributed by atoms with van der Waals surface area (Å²) in [6.07, 6.45) is 4.29. The van der Waals surface area contributed by atoms with Gasteiger partial charge in [-0.25, -0.2) is 0 Å². The molecule has 0 radical (unpaired) electrons. The molecule has 0 saturated carbocycles. The van der Waals surface area contributed by atoms with E-state index in [4.69, 9.17) is 19.0 Å². The zero-order valence-corrected chi connectivity index (χ0v) is 13.9. The average Bonchev–Trinajstić information content (AvgIpc) is 2.30. The van der Waals surface area contributed by atoms with Crippen LogP contribution in [0.5, 0.6) is 0 Å². The van der Waals surface area contributed by atoms with Gasteiger partial charge in [0.15, 0.2) is 0 Å². The lowest BCUT2D eigenvalue weighted by Crippen LogP contribution is -2.48. The van der Waals surface area contributed by atoms with Crippen molar-refractivity contribution in [3.05, 3.63) is 0 Å². The molecule has 1 unspecified atom stereocenters. The topological polar surface area (TPSA) is 53.7 Å². The zero-order chi connectivity index (χ0) is 14.2. The largest absolute Gasteiger partial charge is 0.503 e. The number of nitrogens with two attached hydrogens (primary N) is 1. The van der Waals surface area contributed by atoms with Crippen LogP contribution in [-0.4, -0.2) is 36.7 Å². The highest BCUT2D eigenvalue weighted by molar-refractivity contribution is 6.62. The highest BCUT2D eigenvalue weighted by Crippen LogP contribution is 2.34. The van der Waals surface area contributed by atoms with Crippen LogP contribution >= 0.6 is 0 Å². The van der Waals surface area contributed by atoms with Crippen LogP contribution in [-0.2, 0) is 13.3 Å². The quantitative estimate of drug-likeness (QED) is 0.658. The number of hydrogen-bond donors (Lipinski definition) is 1. The highest BCUT2D eigenvalue weighted by Gasteiger charge is 2.46. The van der Waals surface area contributed by atoms with Gasteiger partial charge in [-0.3, -0.25) is 0 Å². The van der Waals surface area contributed by atoms with E-state index in [1.165, 1.54) is 6.42 Å². The van der Waals surface area contributed by atoms with Gasteiger partial charge in [0.2, 0.25) is 0 Å². The molecule has 0 saturated heterocycles. The Kier molecular flexibility index (Phi) is 8.30. The van der Waals surface area contributed by atoms with Crippen LogP contribution in [0.1, 0.15) is 46.5 Å². The van der Waals surface area contributed by atoms with Gasteiger partial charge in [0.25, 0.3) is 0 Å². The summed E-state index contributed by atoms with van der Waals surface area (Å²) in [5.74, 6) is 0. The Morgan fingerprint density at radius 2 is 1.50 bits per heavy atom. The predicted octanol–water partition coefficient (Wildman–Crippen LogP) is 2.80. The first-order valence-corrected chi connectivity index (χ1v) is 8.51. The minimum atomic E-state index is -2.54. The summed E-state index contributed by atoms with van der Waals surface area (Å²) in [7, 11) is 2.48. The Morgan fingerprint density at radius 1 is 1.00 bits per heavy atom. The molecule has 0 fully saturated rings. The van der Waals surface area contributed by atoms with Crippen LogP contribution in [0.2, 0.25) is 5.54 Å². The maximum absolute atomic E-state index is 5.70. The van der Waals surface area contributed by atoms with Crippen molar-refractivity contribution in [2.24, 2.45) is 11.1 Å². The first kappa shape index (κ1) is 18.1. The summed E-state index contributed by atoms with van der Waals surface area (Å²) in [6, 6.07) is 0. The highest BCUT2D eigenvalue weighted by atomic mass is 28.4. The lowest BCUT2D eigenvalue weighted by atomic mass is 9.89. The van der Waals surface area contributed by atoms with Crippen LogP contribution in [0, 0.1) is 5.41 Å². The number of hydrogen-bond acceptors (Lipinski definition) is 4. The fourth-order valence-electron chi connectivity index (χ4n) is 2.33. The molecule has 0 heterocycles. The van der Waals surface area contributed by atoms with Crippen LogP contribution in [0.25, 0.3) is 0 Å². The molecule has 0 rings (SSSR count). The molecule has 1 atom stereocenters. The van der Waals surface area contributed by atoms with Crippen LogP contribution in [0.4, 0.5) is 0 Å². The van der Waals surface area contributed by atoms with Crippen LogP contribution in [0.3, 0.4) is 0 Å². The Hall–Kier alpha value is 0.0569. The van der Waals surface area contributed by atoms with E-state index in [1.54, 1.807) is 21.3 Å². The van der Waals surface area contributed by atoms with Crippen LogP contribution in [0.15, 0.2) is 0 Å². The lowest BCUT2D eigenvalue weighted by Gasteiger charge is -2.33. The summed E-state index contributed by atoms with van der Waals surface area (Å²) in [6.45, 7) is 7.43. The summed E-state index contributed by atoms with van der Waals surface area (Å²) in [5, 5.41) is 0. The molecule has 18 heavy (non-hydrogen) atoms. The van der Waals surface area contributed by atoms with Gasteiger partial charge in [-0.05, 0) is 31.2 Å². The van der Waals surface area contributed by atoms with Gasteiger partial charge in [0, 0.05) is 26.9 Å². The van der Waals surface area contributed by atoms with Crippen molar-refractivity contribution in [3.8, 4) is 0 Å². The zero-order valence-electron chi connectivity index (χ0n) is 12.9. The minimum absolute atomic E-state index is 0.296. The number of rotatable bonds is 9. The Bertz CT molecular complexity index is 207. The lowest BCUT2D eigenvalue weighted by molar-refractivity contribution is 0.107. The maximum atomic E-state index is 5.70. The van der Waals surface area contributed by atoms with Crippen molar-refractivity contribution in [2.45, 2.75) is 52.0 Å². The minimum Gasteiger partial charge on any atom is -0.377 e. The molecular formula is C13H31NO3Si. The smallest absolute Gasteiger partial charge is 0.377 e. The molecule has 4 nitrogen and oxygen atoms in total. The first-order valence-electron chi connectivity index (χ1n) is 6.70. The molecule has 0 aromatic rings.